The third-order valence-corrected chi connectivity index (χ3v) is 5.09. The summed E-state index contributed by atoms with van der Waals surface area (Å²) in [5, 5.41) is 4.26. The predicted molar refractivity (Wildman–Crippen MR) is 85.4 cm³/mol. The molecule has 0 amide bonds. The Morgan fingerprint density at radius 1 is 1.27 bits per heavy atom. The Bertz CT molecular complexity index is 683. The molecule has 1 aromatic carbocycles. The molecule has 1 aromatic heterocycles. The highest BCUT2D eigenvalue weighted by molar-refractivity contribution is 5.39. The lowest BCUT2D eigenvalue weighted by Gasteiger charge is -2.39. The highest BCUT2D eigenvalue weighted by atomic mass is 16.5. The van der Waals surface area contributed by atoms with Crippen LogP contribution in [-0.4, -0.2) is 27.8 Å². The first kappa shape index (κ1) is 14.0. The van der Waals surface area contributed by atoms with Crippen LogP contribution < -0.4 is 0 Å². The van der Waals surface area contributed by atoms with Gasteiger partial charge >= 0.3 is 0 Å². The zero-order chi connectivity index (χ0) is 15.2. The summed E-state index contributed by atoms with van der Waals surface area (Å²) in [5.41, 5.74) is 5.41. The Balaban J connectivity index is 1.47. The van der Waals surface area contributed by atoms with E-state index in [9.17, 15) is 0 Å². The van der Waals surface area contributed by atoms with Crippen molar-refractivity contribution in [2.24, 2.45) is 7.05 Å². The first-order valence-electron chi connectivity index (χ1n) is 8.08. The van der Waals surface area contributed by atoms with Crippen LogP contribution >= 0.6 is 0 Å². The van der Waals surface area contributed by atoms with Crippen molar-refractivity contribution in [2.45, 2.75) is 38.5 Å². The highest BCUT2D eigenvalue weighted by Gasteiger charge is 2.42. The first-order chi connectivity index (χ1) is 10.6. The molecule has 4 rings (SSSR count). The summed E-state index contributed by atoms with van der Waals surface area (Å²) >= 11 is 0. The Morgan fingerprint density at radius 2 is 2.09 bits per heavy atom. The summed E-state index contributed by atoms with van der Waals surface area (Å²) in [6.07, 6.45) is 6.25. The SMILES string of the molecule is Cc1ccc2c(c1)C1(CCN(Cc3cnn(C)c3)CC1)OC2. The first-order valence-corrected chi connectivity index (χ1v) is 8.08. The van der Waals surface area contributed by atoms with Crippen molar-refractivity contribution in [3.63, 3.8) is 0 Å². The number of ether oxygens (including phenoxy) is 1. The van der Waals surface area contributed by atoms with E-state index in [0.717, 1.165) is 39.1 Å². The number of fused-ring (bicyclic) bond motifs is 2. The number of piperidine rings is 1. The lowest BCUT2D eigenvalue weighted by molar-refractivity contribution is -0.0799. The predicted octanol–water partition coefficient (Wildman–Crippen LogP) is 2.75. The molecule has 0 radical (unpaired) electrons. The molecule has 0 aliphatic carbocycles. The zero-order valence-electron chi connectivity index (χ0n) is 13.4. The Labute approximate surface area is 131 Å². The summed E-state index contributed by atoms with van der Waals surface area (Å²) in [6, 6.07) is 6.76. The van der Waals surface area contributed by atoms with Gasteiger partial charge in [-0.05, 0) is 30.9 Å². The lowest BCUT2D eigenvalue weighted by Crippen LogP contribution is -2.42. The van der Waals surface area contributed by atoms with Crippen LogP contribution in [0.4, 0.5) is 0 Å². The maximum atomic E-state index is 6.27. The van der Waals surface area contributed by atoms with Crippen LogP contribution in [0.1, 0.15) is 35.1 Å². The number of hydrogen-bond acceptors (Lipinski definition) is 3. The van der Waals surface area contributed by atoms with E-state index in [1.54, 1.807) is 0 Å². The molecule has 4 nitrogen and oxygen atoms in total. The average Bonchev–Trinajstić information content (AvgIpc) is 3.07. The third-order valence-electron chi connectivity index (χ3n) is 5.09. The molecule has 116 valence electrons. The number of hydrogen-bond donors (Lipinski definition) is 0. The maximum absolute atomic E-state index is 6.27. The van der Waals surface area contributed by atoms with E-state index in [-0.39, 0.29) is 5.60 Å². The quantitative estimate of drug-likeness (QED) is 0.854. The van der Waals surface area contributed by atoms with Gasteiger partial charge in [0.05, 0.1) is 18.4 Å². The molecule has 2 aliphatic heterocycles. The molecular formula is C18H23N3O. The van der Waals surface area contributed by atoms with E-state index in [1.807, 2.05) is 17.9 Å². The summed E-state index contributed by atoms with van der Waals surface area (Å²) < 4.78 is 8.14. The minimum Gasteiger partial charge on any atom is -0.365 e. The summed E-state index contributed by atoms with van der Waals surface area (Å²) in [7, 11) is 1.97. The van der Waals surface area contributed by atoms with Gasteiger partial charge in [-0.3, -0.25) is 9.58 Å². The molecule has 1 spiro atoms. The number of rotatable bonds is 2. The fourth-order valence-electron chi connectivity index (χ4n) is 3.83. The second-order valence-corrected chi connectivity index (χ2v) is 6.74. The topological polar surface area (TPSA) is 30.3 Å². The van der Waals surface area contributed by atoms with Crippen molar-refractivity contribution in [1.29, 1.82) is 0 Å². The van der Waals surface area contributed by atoms with Crippen molar-refractivity contribution in [2.75, 3.05) is 13.1 Å². The second-order valence-electron chi connectivity index (χ2n) is 6.74. The average molecular weight is 297 g/mol. The van der Waals surface area contributed by atoms with E-state index in [0.29, 0.717) is 0 Å². The van der Waals surface area contributed by atoms with Gasteiger partial charge in [0.1, 0.15) is 0 Å². The van der Waals surface area contributed by atoms with Gasteiger partial charge in [-0.25, -0.2) is 0 Å². The Kier molecular flexibility index (Phi) is 3.31. The monoisotopic (exact) mass is 297 g/mol. The van der Waals surface area contributed by atoms with Crippen LogP contribution in [0.5, 0.6) is 0 Å². The van der Waals surface area contributed by atoms with Crippen LogP contribution in [0.3, 0.4) is 0 Å². The smallest absolute Gasteiger partial charge is 0.0963 e. The van der Waals surface area contributed by atoms with Crippen molar-refractivity contribution >= 4 is 0 Å². The Morgan fingerprint density at radius 3 is 2.82 bits per heavy atom. The van der Waals surface area contributed by atoms with Crippen LogP contribution in [0.2, 0.25) is 0 Å². The maximum Gasteiger partial charge on any atom is 0.0963 e. The van der Waals surface area contributed by atoms with Crippen molar-refractivity contribution in [3.8, 4) is 0 Å². The van der Waals surface area contributed by atoms with Gasteiger partial charge in [0, 0.05) is 38.4 Å². The van der Waals surface area contributed by atoms with Crippen molar-refractivity contribution < 1.29 is 4.74 Å². The van der Waals surface area contributed by atoms with E-state index in [4.69, 9.17) is 4.74 Å². The molecule has 2 aromatic rings. The minimum atomic E-state index is -0.0349. The van der Waals surface area contributed by atoms with Gasteiger partial charge in [-0.2, -0.15) is 5.10 Å². The molecule has 22 heavy (non-hydrogen) atoms. The number of aromatic nitrogens is 2. The van der Waals surface area contributed by atoms with Crippen LogP contribution in [0.25, 0.3) is 0 Å². The van der Waals surface area contributed by atoms with Gasteiger partial charge in [0.2, 0.25) is 0 Å². The molecule has 1 saturated heterocycles. The normalized spacial score (nSPS) is 20.5. The fourth-order valence-corrected chi connectivity index (χ4v) is 3.83. The van der Waals surface area contributed by atoms with Gasteiger partial charge < -0.3 is 4.74 Å². The molecule has 0 saturated carbocycles. The summed E-state index contributed by atoms with van der Waals surface area (Å²) in [6.45, 7) is 6.11. The van der Waals surface area contributed by atoms with Gasteiger partial charge in [0.15, 0.2) is 0 Å². The fraction of sp³-hybridized carbons (Fsp3) is 0.500. The van der Waals surface area contributed by atoms with Crippen LogP contribution in [-0.2, 0) is 30.5 Å². The zero-order valence-corrected chi connectivity index (χ0v) is 13.4. The van der Waals surface area contributed by atoms with Crippen molar-refractivity contribution in [1.82, 2.24) is 14.7 Å². The summed E-state index contributed by atoms with van der Waals surface area (Å²) in [4.78, 5) is 2.51. The lowest BCUT2D eigenvalue weighted by atomic mass is 9.83. The molecule has 0 bridgehead atoms. The molecule has 0 atom stereocenters. The van der Waals surface area contributed by atoms with E-state index in [1.165, 1.54) is 22.3 Å². The number of likely N-dealkylation sites (tertiary alicyclic amines) is 1. The molecule has 4 heteroatoms. The third kappa shape index (κ3) is 2.36. The minimum absolute atomic E-state index is 0.0349. The van der Waals surface area contributed by atoms with Crippen LogP contribution in [0, 0.1) is 6.92 Å². The number of aryl methyl sites for hydroxylation is 2. The van der Waals surface area contributed by atoms with Gasteiger partial charge in [0.25, 0.3) is 0 Å². The van der Waals surface area contributed by atoms with E-state index >= 15 is 0 Å². The highest BCUT2D eigenvalue weighted by Crippen LogP contribution is 2.44. The molecule has 0 N–H and O–H groups in total. The van der Waals surface area contributed by atoms with E-state index in [2.05, 4.69) is 41.3 Å². The van der Waals surface area contributed by atoms with E-state index < -0.39 is 0 Å². The van der Waals surface area contributed by atoms with Crippen LogP contribution in [0.15, 0.2) is 30.6 Å². The molecule has 1 fully saturated rings. The standard InChI is InChI=1S/C18H23N3O/c1-14-3-4-16-13-22-18(17(16)9-14)5-7-21(8-6-18)12-15-10-19-20(2)11-15/h3-4,9-11H,5-8,12-13H2,1-2H3. The molecule has 2 aliphatic rings. The number of benzene rings is 1. The molecular weight excluding hydrogens is 274 g/mol. The second kappa shape index (κ2) is 5.21. The van der Waals surface area contributed by atoms with Crippen molar-refractivity contribution in [3.05, 3.63) is 52.8 Å². The molecule has 0 unspecified atom stereocenters. The largest absolute Gasteiger partial charge is 0.365 e. The number of nitrogens with zero attached hydrogens (tertiary/aromatic N) is 3. The Hall–Kier alpha value is -1.65. The summed E-state index contributed by atoms with van der Waals surface area (Å²) in [5.74, 6) is 0. The van der Waals surface area contributed by atoms with Gasteiger partial charge in [-0.1, -0.05) is 23.8 Å². The van der Waals surface area contributed by atoms with Gasteiger partial charge in [-0.15, -0.1) is 0 Å². The molecule has 3 heterocycles.